The van der Waals surface area contributed by atoms with E-state index in [-0.39, 0.29) is 35.8 Å². The van der Waals surface area contributed by atoms with Crippen molar-refractivity contribution in [3.05, 3.63) is 72.1 Å². The molecule has 0 spiro atoms. The Hall–Kier alpha value is -4.07. The van der Waals surface area contributed by atoms with Gasteiger partial charge in [0, 0.05) is 49.3 Å². The summed E-state index contributed by atoms with van der Waals surface area (Å²) in [7, 11) is 1.58. The van der Waals surface area contributed by atoms with Crippen LogP contribution in [-0.4, -0.2) is 51.8 Å². The van der Waals surface area contributed by atoms with E-state index in [0.29, 0.717) is 6.42 Å². The SMILES string of the molecule is CC[C@H](C)[C@H](NC(C)=O)C(=O)N(C)[C@@H](Cc1ccc(O)cc1)C(=O)N/C=C/c1c[nH]c2ccccc12. The molecule has 3 amide bonds. The van der Waals surface area contributed by atoms with Crippen molar-refractivity contribution >= 4 is 34.7 Å². The van der Waals surface area contributed by atoms with Gasteiger partial charge in [-0.1, -0.05) is 50.6 Å². The molecule has 1 heterocycles. The Bertz CT molecular complexity index is 1230. The molecular weight excluding hydrogens is 456 g/mol. The Kier molecular flexibility index (Phi) is 8.89. The number of carbonyl (C=O) groups excluding carboxylic acids is 3. The van der Waals surface area contributed by atoms with Crippen LogP contribution in [0.5, 0.6) is 5.75 Å². The number of carbonyl (C=O) groups is 3. The van der Waals surface area contributed by atoms with E-state index in [1.54, 1.807) is 43.6 Å². The van der Waals surface area contributed by atoms with Gasteiger partial charge in [-0.25, -0.2) is 0 Å². The van der Waals surface area contributed by atoms with E-state index >= 15 is 0 Å². The van der Waals surface area contributed by atoms with E-state index in [2.05, 4.69) is 15.6 Å². The molecular formula is C28H34N4O4. The van der Waals surface area contributed by atoms with Gasteiger partial charge in [0.25, 0.3) is 0 Å². The lowest BCUT2D eigenvalue weighted by Crippen LogP contribution is -2.56. The van der Waals surface area contributed by atoms with Gasteiger partial charge in [-0.2, -0.15) is 0 Å². The topological polar surface area (TPSA) is 115 Å². The summed E-state index contributed by atoms with van der Waals surface area (Å²) in [5, 5.41) is 16.2. The van der Waals surface area contributed by atoms with Gasteiger partial charge in [0.15, 0.2) is 0 Å². The molecule has 8 nitrogen and oxygen atoms in total. The molecule has 0 unspecified atom stereocenters. The van der Waals surface area contributed by atoms with Gasteiger partial charge in [0.05, 0.1) is 0 Å². The van der Waals surface area contributed by atoms with Gasteiger partial charge >= 0.3 is 0 Å². The first kappa shape index (κ1) is 26.5. The number of aromatic amines is 1. The second-order valence-electron chi connectivity index (χ2n) is 9.03. The van der Waals surface area contributed by atoms with Crippen LogP contribution >= 0.6 is 0 Å². The minimum absolute atomic E-state index is 0.108. The number of hydrogen-bond donors (Lipinski definition) is 4. The number of phenols is 1. The van der Waals surface area contributed by atoms with Crippen LogP contribution in [0.3, 0.4) is 0 Å². The number of fused-ring (bicyclic) bond motifs is 1. The molecule has 0 aliphatic carbocycles. The number of nitrogens with zero attached hydrogens (tertiary/aromatic N) is 1. The summed E-state index contributed by atoms with van der Waals surface area (Å²) in [5.74, 6) is -0.987. The number of rotatable bonds is 10. The molecule has 4 N–H and O–H groups in total. The second kappa shape index (κ2) is 12.1. The van der Waals surface area contributed by atoms with Crippen LogP contribution in [0.25, 0.3) is 17.0 Å². The Labute approximate surface area is 211 Å². The Morgan fingerprint density at radius 2 is 1.81 bits per heavy atom. The largest absolute Gasteiger partial charge is 0.508 e. The number of aromatic hydroxyl groups is 1. The minimum Gasteiger partial charge on any atom is -0.508 e. The van der Waals surface area contributed by atoms with E-state index in [1.807, 2.05) is 44.3 Å². The first-order valence-electron chi connectivity index (χ1n) is 12.1. The average molecular weight is 491 g/mol. The average Bonchev–Trinajstić information content (AvgIpc) is 3.28. The molecule has 1 aromatic heterocycles. The number of benzene rings is 2. The fourth-order valence-corrected chi connectivity index (χ4v) is 4.08. The maximum absolute atomic E-state index is 13.4. The molecule has 3 rings (SSSR count). The summed E-state index contributed by atoms with van der Waals surface area (Å²) in [6, 6.07) is 12.8. The van der Waals surface area contributed by atoms with Crippen LogP contribution < -0.4 is 10.6 Å². The number of likely N-dealkylation sites (N-methyl/N-ethyl adjacent to an activating group) is 1. The summed E-state index contributed by atoms with van der Waals surface area (Å²) in [6.45, 7) is 5.22. The lowest BCUT2D eigenvalue weighted by Gasteiger charge is -2.32. The van der Waals surface area contributed by atoms with Crippen molar-refractivity contribution in [1.82, 2.24) is 20.5 Å². The molecule has 0 bridgehead atoms. The number of amides is 3. The molecule has 2 aromatic carbocycles. The lowest BCUT2D eigenvalue weighted by atomic mass is 9.96. The minimum atomic E-state index is -0.838. The first-order chi connectivity index (χ1) is 17.2. The second-order valence-corrected chi connectivity index (χ2v) is 9.03. The van der Waals surface area contributed by atoms with Crippen LogP contribution in [0.15, 0.2) is 60.9 Å². The van der Waals surface area contributed by atoms with E-state index in [4.69, 9.17) is 0 Å². The van der Waals surface area contributed by atoms with E-state index in [0.717, 1.165) is 22.0 Å². The molecule has 0 aliphatic rings. The van der Waals surface area contributed by atoms with Crippen LogP contribution in [-0.2, 0) is 20.8 Å². The number of nitrogens with one attached hydrogen (secondary N) is 3. The van der Waals surface area contributed by atoms with Crippen LogP contribution in [0.1, 0.15) is 38.3 Å². The van der Waals surface area contributed by atoms with Gasteiger partial charge < -0.3 is 25.6 Å². The number of H-pyrrole nitrogens is 1. The Morgan fingerprint density at radius 1 is 1.11 bits per heavy atom. The van der Waals surface area contributed by atoms with Crippen molar-refractivity contribution in [3.63, 3.8) is 0 Å². The van der Waals surface area contributed by atoms with Crippen LogP contribution in [0.2, 0.25) is 0 Å². The highest BCUT2D eigenvalue weighted by molar-refractivity contribution is 5.93. The van der Waals surface area contributed by atoms with Crippen molar-refractivity contribution in [2.24, 2.45) is 5.92 Å². The van der Waals surface area contributed by atoms with Crippen LogP contribution in [0, 0.1) is 5.92 Å². The third-order valence-corrected chi connectivity index (χ3v) is 6.43. The molecule has 3 atom stereocenters. The predicted molar refractivity (Wildman–Crippen MR) is 141 cm³/mol. The summed E-state index contributed by atoms with van der Waals surface area (Å²) in [6.07, 6.45) is 6.16. The zero-order valence-corrected chi connectivity index (χ0v) is 21.1. The Balaban J connectivity index is 1.83. The van der Waals surface area contributed by atoms with Gasteiger partial charge in [-0.05, 0) is 35.8 Å². The normalized spacial score (nSPS) is 13.8. The van der Waals surface area contributed by atoms with Gasteiger partial charge in [0.1, 0.15) is 17.8 Å². The Morgan fingerprint density at radius 3 is 2.47 bits per heavy atom. The highest BCUT2D eigenvalue weighted by Crippen LogP contribution is 2.19. The van der Waals surface area contributed by atoms with Gasteiger partial charge in [-0.3, -0.25) is 14.4 Å². The maximum Gasteiger partial charge on any atom is 0.247 e. The first-order valence-corrected chi connectivity index (χ1v) is 12.1. The zero-order chi connectivity index (χ0) is 26.2. The number of phenolic OH excluding ortho intramolecular Hbond substituents is 1. The predicted octanol–water partition coefficient (Wildman–Crippen LogP) is 3.58. The standard InChI is InChI=1S/C28H34N4O4/c1-5-18(2)26(31-19(3)33)28(36)32(4)25(16-20-10-12-22(34)13-11-20)27(35)29-15-14-21-17-30-24-9-7-6-8-23(21)24/h6-15,17-18,25-26,30,34H,5,16H2,1-4H3,(H,29,35)(H,31,33)/b15-14+/t18-,25-,26-/m0/s1. The lowest BCUT2D eigenvalue weighted by molar-refractivity contribution is -0.142. The molecule has 0 saturated carbocycles. The molecule has 0 saturated heterocycles. The fourth-order valence-electron chi connectivity index (χ4n) is 4.08. The zero-order valence-electron chi connectivity index (χ0n) is 21.1. The molecule has 190 valence electrons. The summed E-state index contributed by atoms with van der Waals surface area (Å²) in [4.78, 5) is 43.1. The summed E-state index contributed by atoms with van der Waals surface area (Å²) >= 11 is 0. The van der Waals surface area contributed by atoms with Crippen molar-refractivity contribution in [1.29, 1.82) is 0 Å². The molecule has 0 fully saturated rings. The number of hydrogen-bond acceptors (Lipinski definition) is 4. The van der Waals surface area contributed by atoms with E-state index < -0.39 is 12.1 Å². The molecule has 3 aromatic rings. The third kappa shape index (κ3) is 6.53. The van der Waals surface area contributed by atoms with Gasteiger partial charge in [0.2, 0.25) is 17.7 Å². The van der Waals surface area contributed by atoms with Crippen molar-refractivity contribution in [2.45, 2.75) is 45.7 Å². The maximum atomic E-state index is 13.4. The highest BCUT2D eigenvalue weighted by atomic mass is 16.3. The summed E-state index contributed by atoms with van der Waals surface area (Å²) in [5.41, 5.74) is 2.70. The fraction of sp³-hybridized carbons (Fsp3) is 0.321. The smallest absolute Gasteiger partial charge is 0.247 e. The molecule has 36 heavy (non-hydrogen) atoms. The van der Waals surface area contributed by atoms with Gasteiger partial charge in [-0.15, -0.1) is 0 Å². The molecule has 0 radical (unpaired) electrons. The third-order valence-electron chi connectivity index (χ3n) is 6.43. The van der Waals surface area contributed by atoms with Crippen molar-refractivity contribution < 1.29 is 19.5 Å². The van der Waals surface area contributed by atoms with Crippen LogP contribution in [0.4, 0.5) is 0 Å². The molecule has 0 aliphatic heterocycles. The summed E-state index contributed by atoms with van der Waals surface area (Å²) < 4.78 is 0. The molecule has 8 heteroatoms. The quantitative estimate of drug-likeness (QED) is 0.348. The van der Waals surface area contributed by atoms with E-state index in [9.17, 15) is 19.5 Å². The number of para-hydroxylation sites is 1. The van der Waals surface area contributed by atoms with Crippen molar-refractivity contribution in [2.75, 3.05) is 7.05 Å². The monoisotopic (exact) mass is 490 g/mol. The van der Waals surface area contributed by atoms with Crippen molar-refractivity contribution in [3.8, 4) is 5.75 Å². The number of aromatic nitrogens is 1. The highest BCUT2D eigenvalue weighted by Gasteiger charge is 2.33. The van der Waals surface area contributed by atoms with E-state index in [1.165, 1.54) is 11.8 Å².